The van der Waals surface area contributed by atoms with E-state index in [1.807, 2.05) is 6.92 Å². The van der Waals surface area contributed by atoms with Crippen LogP contribution in [0.1, 0.15) is 51.2 Å². The molecule has 0 fully saturated rings. The molecule has 0 aliphatic carbocycles. The van der Waals surface area contributed by atoms with Gasteiger partial charge in [0, 0.05) is 12.3 Å². The van der Waals surface area contributed by atoms with Gasteiger partial charge in [-0.2, -0.15) is 0 Å². The molecule has 0 saturated carbocycles. The molecule has 1 rings (SSSR count). The van der Waals surface area contributed by atoms with E-state index in [1.165, 1.54) is 5.56 Å². The molecule has 1 unspecified atom stereocenters. The topological polar surface area (TPSA) is 17.1 Å². The molecule has 1 aromatic rings. The maximum Gasteiger partial charge on any atom is 0.140 e. The number of hydrogen-bond donors (Lipinski definition) is 0. The predicted octanol–water partition coefficient (Wildman–Crippen LogP) is 3.97. The molecule has 88 valence electrons. The van der Waals surface area contributed by atoms with Crippen LogP contribution in [0.5, 0.6) is 0 Å². The number of carbonyl (C=O) groups is 1. The van der Waals surface area contributed by atoms with Gasteiger partial charge in [-0.05, 0) is 23.5 Å². The smallest absolute Gasteiger partial charge is 0.140 e. The Hall–Kier alpha value is -1.11. The Labute approximate surface area is 98.9 Å². The summed E-state index contributed by atoms with van der Waals surface area (Å²) in [5.74, 6) is 1.09. The van der Waals surface area contributed by atoms with Crippen molar-refractivity contribution in [3.8, 4) is 0 Å². The fraction of sp³-hybridized carbons (Fsp3) is 0.533. The third-order valence-electron chi connectivity index (χ3n) is 3.19. The predicted molar refractivity (Wildman–Crippen MR) is 68.7 cm³/mol. The number of Topliss-reactive ketones (excluding diaryl/α,β-unsaturated/α-hetero) is 1. The molecule has 0 heterocycles. The zero-order valence-electron chi connectivity index (χ0n) is 10.8. The van der Waals surface area contributed by atoms with Crippen molar-refractivity contribution in [3.05, 3.63) is 35.4 Å². The number of rotatable bonds is 5. The molecule has 0 N–H and O–H groups in total. The van der Waals surface area contributed by atoms with E-state index in [2.05, 4.69) is 45.0 Å². The fourth-order valence-corrected chi connectivity index (χ4v) is 1.62. The monoisotopic (exact) mass is 218 g/mol. The van der Waals surface area contributed by atoms with Gasteiger partial charge in [0.1, 0.15) is 5.78 Å². The summed E-state index contributed by atoms with van der Waals surface area (Å²) in [6.07, 6.45) is 1.51. The van der Waals surface area contributed by atoms with Crippen LogP contribution in [0.2, 0.25) is 0 Å². The minimum absolute atomic E-state index is 0.185. The summed E-state index contributed by atoms with van der Waals surface area (Å²) >= 11 is 0. The second kappa shape index (κ2) is 5.83. The third kappa shape index (κ3) is 3.48. The first-order chi connectivity index (χ1) is 7.54. The van der Waals surface area contributed by atoms with Crippen LogP contribution in [0.15, 0.2) is 24.3 Å². The summed E-state index contributed by atoms with van der Waals surface area (Å²) in [5.41, 5.74) is 2.47. The first-order valence-corrected chi connectivity index (χ1v) is 6.16. The number of benzene rings is 1. The first kappa shape index (κ1) is 13.0. The minimum atomic E-state index is 0.185. The van der Waals surface area contributed by atoms with Crippen molar-refractivity contribution in [2.24, 2.45) is 5.92 Å². The van der Waals surface area contributed by atoms with Crippen molar-refractivity contribution in [2.45, 2.75) is 46.5 Å². The largest absolute Gasteiger partial charge is 0.299 e. The summed E-state index contributed by atoms with van der Waals surface area (Å²) in [6, 6.07) is 8.42. The van der Waals surface area contributed by atoms with Gasteiger partial charge in [-0.1, -0.05) is 52.0 Å². The lowest BCUT2D eigenvalue weighted by molar-refractivity contribution is -0.121. The molecule has 0 aromatic heterocycles. The summed E-state index contributed by atoms with van der Waals surface area (Å²) in [7, 11) is 0. The molecule has 0 radical (unpaired) electrons. The van der Waals surface area contributed by atoms with Crippen LogP contribution >= 0.6 is 0 Å². The molecule has 1 nitrogen and oxygen atoms in total. The van der Waals surface area contributed by atoms with Gasteiger partial charge in [0.05, 0.1) is 0 Å². The summed E-state index contributed by atoms with van der Waals surface area (Å²) < 4.78 is 0. The molecule has 0 aliphatic rings. The highest BCUT2D eigenvalue weighted by Gasteiger charge is 2.11. The Kier molecular flexibility index (Phi) is 4.72. The van der Waals surface area contributed by atoms with E-state index in [0.717, 1.165) is 12.0 Å². The van der Waals surface area contributed by atoms with Crippen LogP contribution in [0.25, 0.3) is 0 Å². The van der Waals surface area contributed by atoms with E-state index >= 15 is 0 Å². The summed E-state index contributed by atoms with van der Waals surface area (Å²) in [5, 5.41) is 0. The number of hydrogen-bond acceptors (Lipinski definition) is 1. The lowest BCUT2D eigenvalue weighted by atomic mass is 9.95. The maximum atomic E-state index is 11.8. The van der Waals surface area contributed by atoms with Crippen molar-refractivity contribution >= 4 is 5.78 Å². The minimum Gasteiger partial charge on any atom is -0.299 e. The Morgan fingerprint density at radius 3 is 2.12 bits per heavy atom. The molecule has 0 amide bonds. The van der Waals surface area contributed by atoms with Gasteiger partial charge >= 0.3 is 0 Å². The summed E-state index contributed by atoms with van der Waals surface area (Å²) in [4.78, 5) is 11.8. The molecular weight excluding hydrogens is 196 g/mol. The van der Waals surface area contributed by atoms with Crippen LogP contribution in [-0.4, -0.2) is 5.78 Å². The molecule has 0 spiro atoms. The maximum absolute atomic E-state index is 11.8. The fourth-order valence-electron chi connectivity index (χ4n) is 1.62. The van der Waals surface area contributed by atoms with Gasteiger partial charge in [0.2, 0.25) is 0 Å². The molecule has 0 bridgehead atoms. The SMILES string of the molecule is CCC(C)C(=O)Cc1ccc(C(C)C)cc1. The molecule has 0 saturated heterocycles. The van der Waals surface area contributed by atoms with Crippen molar-refractivity contribution in [1.29, 1.82) is 0 Å². The van der Waals surface area contributed by atoms with Gasteiger partial charge in [0.25, 0.3) is 0 Å². The Bertz CT molecular complexity index is 335. The summed E-state index contributed by atoms with van der Waals surface area (Å²) in [6.45, 7) is 8.42. The lowest BCUT2D eigenvalue weighted by Gasteiger charge is -2.09. The zero-order valence-corrected chi connectivity index (χ0v) is 10.8. The number of ketones is 1. The van der Waals surface area contributed by atoms with Crippen LogP contribution in [-0.2, 0) is 11.2 Å². The second-order valence-electron chi connectivity index (χ2n) is 4.85. The molecule has 1 atom stereocenters. The van der Waals surface area contributed by atoms with E-state index in [1.54, 1.807) is 0 Å². The van der Waals surface area contributed by atoms with Gasteiger partial charge in [-0.25, -0.2) is 0 Å². The van der Waals surface area contributed by atoms with E-state index in [4.69, 9.17) is 0 Å². The standard InChI is InChI=1S/C15H22O/c1-5-12(4)15(16)10-13-6-8-14(9-7-13)11(2)3/h6-9,11-12H,5,10H2,1-4H3. The highest BCUT2D eigenvalue weighted by Crippen LogP contribution is 2.16. The average Bonchev–Trinajstić information content (AvgIpc) is 2.28. The molecule has 1 aromatic carbocycles. The van der Waals surface area contributed by atoms with Crippen molar-refractivity contribution < 1.29 is 4.79 Å². The number of carbonyl (C=O) groups excluding carboxylic acids is 1. The molecule has 16 heavy (non-hydrogen) atoms. The van der Waals surface area contributed by atoms with Gasteiger partial charge in [-0.15, -0.1) is 0 Å². The molecule has 1 heteroatoms. The van der Waals surface area contributed by atoms with Gasteiger partial charge < -0.3 is 0 Å². The molecular formula is C15H22O. The van der Waals surface area contributed by atoms with Crippen molar-refractivity contribution in [2.75, 3.05) is 0 Å². The highest BCUT2D eigenvalue weighted by atomic mass is 16.1. The van der Waals surface area contributed by atoms with Gasteiger partial charge in [0.15, 0.2) is 0 Å². The van der Waals surface area contributed by atoms with E-state index in [0.29, 0.717) is 18.1 Å². The van der Waals surface area contributed by atoms with Crippen LogP contribution in [0.4, 0.5) is 0 Å². The average molecular weight is 218 g/mol. The van der Waals surface area contributed by atoms with Crippen LogP contribution in [0, 0.1) is 5.92 Å². The Balaban J connectivity index is 2.65. The third-order valence-corrected chi connectivity index (χ3v) is 3.19. The van der Waals surface area contributed by atoms with Crippen LogP contribution < -0.4 is 0 Å². The van der Waals surface area contributed by atoms with Gasteiger partial charge in [-0.3, -0.25) is 4.79 Å². The van der Waals surface area contributed by atoms with E-state index in [-0.39, 0.29) is 5.92 Å². The highest BCUT2D eigenvalue weighted by molar-refractivity contribution is 5.82. The van der Waals surface area contributed by atoms with Crippen molar-refractivity contribution in [3.63, 3.8) is 0 Å². The van der Waals surface area contributed by atoms with E-state index < -0.39 is 0 Å². The van der Waals surface area contributed by atoms with Crippen molar-refractivity contribution in [1.82, 2.24) is 0 Å². The van der Waals surface area contributed by atoms with E-state index in [9.17, 15) is 4.79 Å². The second-order valence-corrected chi connectivity index (χ2v) is 4.85. The normalized spacial score (nSPS) is 12.8. The first-order valence-electron chi connectivity index (χ1n) is 6.16. The lowest BCUT2D eigenvalue weighted by Crippen LogP contribution is -2.12. The quantitative estimate of drug-likeness (QED) is 0.731. The Morgan fingerprint density at radius 2 is 1.69 bits per heavy atom. The zero-order chi connectivity index (χ0) is 12.1. The van der Waals surface area contributed by atoms with Crippen LogP contribution in [0.3, 0.4) is 0 Å². The Morgan fingerprint density at radius 1 is 1.12 bits per heavy atom. The molecule has 0 aliphatic heterocycles.